The van der Waals surface area contributed by atoms with E-state index < -0.39 is 0 Å². The van der Waals surface area contributed by atoms with E-state index in [1.54, 1.807) is 11.3 Å². The highest BCUT2D eigenvalue weighted by atomic mass is 32.1. The smallest absolute Gasteiger partial charge is 0.260 e. The van der Waals surface area contributed by atoms with Crippen molar-refractivity contribution in [2.75, 3.05) is 32.1 Å². The summed E-state index contributed by atoms with van der Waals surface area (Å²) in [5, 5.41) is 0.768. The SMILES string of the molecule is CN(C)CCCN(C(=O)c1ccc(C(C)(C)C)cc1)c1nc2ccccc2s1. The van der Waals surface area contributed by atoms with Crippen LogP contribution in [0, 0.1) is 0 Å². The van der Waals surface area contributed by atoms with Gasteiger partial charge in [-0.2, -0.15) is 0 Å². The monoisotopic (exact) mass is 395 g/mol. The molecule has 148 valence electrons. The molecule has 1 amide bonds. The van der Waals surface area contributed by atoms with Gasteiger partial charge < -0.3 is 4.90 Å². The second-order valence-electron chi connectivity index (χ2n) is 8.41. The Labute approximate surface area is 171 Å². The molecule has 0 radical (unpaired) electrons. The van der Waals surface area contributed by atoms with Crippen molar-refractivity contribution in [2.24, 2.45) is 0 Å². The zero-order valence-electron chi connectivity index (χ0n) is 17.4. The maximum atomic E-state index is 13.3. The van der Waals surface area contributed by atoms with Crippen LogP contribution in [-0.2, 0) is 5.41 Å². The van der Waals surface area contributed by atoms with Crippen LogP contribution in [0.25, 0.3) is 10.2 Å². The summed E-state index contributed by atoms with van der Waals surface area (Å²) in [5.74, 6) is 0.0123. The Morgan fingerprint density at radius 2 is 1.68 bits per heavy atom. The molecule has 4 nitrogen and oxygen atoms in total. The van der Waals surface area contributed by atoms with Crippen LogP contribution in [0.2, 0.25) is 0 Å². The molecule has 3 rings (SSSR count). The van der Waals surface area contributed by atoms with Crippen molar-refractivity contribution in [2.45, 2.75) is 32.6 Å². The van der Waals surface area contributed by atoms with Crippen molar-refractivity contribution in [1.82, 2.24) is 9.88 Å². The molecule has 3 aromatic rings. The number of amides is 1. The average molecular weight is 396 g/mol. The molecular weight excluding hydrogens is 366 g/mol. The minimum absolute atomic E-state index is 0.0123. The predicted octanol–water partition coefficient (Wildman–Crippen LogP) is 5.19. The Bertz CT molecular complexity index is 905. The third-order valence-electron chi connectivity index (χ3n) is 4.74. The Hall–Kier alpha value is -2.24. The van der Waals surface area contributed by atoms with Crippen LogP contribution in [0.15, 0.2) is 48.5 Å². The number of fused-ring (bicyclic) bond motifs is 1. The maximum Gasteiger partial charge on any atom is 0.260 e. The fourth-order valence-electron chi connectivity index (χ4n) is 3.07. The molecule has 28 heavy (non-hydrogen) atoms. The van der Waals surface area contributed by atoms with Crippen LogP contribution in [0.3, 0.4) is 0 Å². The van der Waals surface area contributed by atoms with Gasteiger partial charge in [-0.05, 0) is 62.3 Å². The van der Waals surface area contributed by atoms with Crippen molar-refractivity contribution >= 4 is 32.6 Å². The highest BCUT2D eigenvalue weighted by Gasteiger charge is 2.22. The van der Waals surface area contributed by atoms with Crippen LogP contribution in [0.5, 0.6) is 0 Å². The summed E-state index contributed by atoms with van der Waals surface area (Å²) < 4.78 is 1.10. The molecule has 0 spiro atoms. The Balaban J connectivity index is 1.90. The molecule has 0 saturated heterocycles. The van der Waals surface area contributed by atoms with Crippen molar-refractivity contribution < 1.29 is 4.79 Å². The largest absolute Gasteiger partial charge is 0.309 e. The van der Waals surface area contributed by atoms with Crippen molar-refractivity contribution in [3.63, 3.8) is 0 Å². The van der Waals surface area contributed by atoms with E-state index >= 15 is 0 Å². The lowest BCUT2D eigenvalue weighted by Crippen LogP contribution is -2.33. The number of nitrogens with zero attached hydrogens (tertiary/aromatic N) is 3. The van der Waals surface area contributed by atoms with E-state index in [9.17, 15) is 4.79 Å². The molecule has 2 aromatic carbocycles. The number of para-hydroxylation sites is 1. The summed E-state index contributed by atoms with van der Waals surface area (Å²) in [6.45, 7) is 8.12. The maximum absolute atomic E-state index is 13.3. The van der Waals surface area contributed by atoms with Gasteiger partial charge in [-0.1, -0.05) is 56.4 Å². The first kappa shape index (κ1) is 20.5. The van der Waals surface area contributed by atoms with E-state index in [0.29, 0.717) is 12.1 Å². The van der Waals surface area contributed by atoms with Crippen molar-refractivity contribution in [1.29, 1.82) is 0 Å². The van der Waals surface area contributed by atoms with Crippen LogP contribution in [0.4, 0.5) is 5.13 Å². The second kappa shape index (κ2) is 8.41. The first-order valence-corrected chi connectivity index (χ1v) is 10.5. The molecule has 0 saturated carbocycles. The molecule has 0 aliphatic rings. The van der Waals surface area contributed by atoms with Gasteiger partial charge in [-0.25, -0.2) is 4.98 Å². The summed E-state index contributed by atoms with van der Waals surface area (Å²) in [6.07, 6.45) is 0.898. The fourth-order valence-corrected chi connectivity index (χ4v) is 4.06. The summed E-state index contributed by atoms with van der Waals surface area (Å²) in [4.78, 5) is 22.0. The molecule has 0 unspecified atom stereocenters. The minimum atomic E-state index is 0.0123. The molecule has 0 aliphatic heterocycles. The van der Waals surface area contributed by atoms with Gasteiger partial charge in [0.2, 0.25) is 0 Å². The summed E-state index contributed by atoms with van der Waals surface area (Å²) in [7, 11) is 4.10. The molecule has 5 heteroatoms. The number of aromatic nitrogens is 1. The molecular formula is C23H29N3OS. The van der Waals surface area contributed by atoms with Gasteiger partial charge in [-0.15, -0.1) is 0 Å². The summed E-state index contributed by atoms with van der Waals surface area (Å²) >= 11 is 1.57. The molecule has 0 bridgehead atoms. The van der Waals surface area contributed by atoms with E-state index in [-0.39, 0.29) is 11.3 Å². The van der Waals surface area contributed by atoms with Crippen LogP contribution in [0.1, 0.15) is 43.1 Å². The molecule has 1 heterocycles. The van der Waals surface area contributed by atoms with Crippen LogP contribution >= 0.6 is 11.3 Å². The van der Waals surface area contributed by atoms with E-state index in [1.807, 2.05) is 35.2 Å². The highest BCUT2D eigenvalue weighted by molar-refractivity contribution is 7.22. The topological polar surface area (TPSA) is 36.4 Å². The normalized spacial score (nSPS) is 11.9. The molecule has 1 aromatic heterocycles. The van der Waals surface area contributed by atoms with Crippen molar-refractivity contribution in [3.8, 4) is 0 Å². The number of hydrogen-bond acceptors (Lipinski definition) is 4. The zero-order chi connectivity index (χ0) is 20.3. The van der Waals surface area contributed by atoms with Gasteiger partial charge in [0.25, 0.3) is 5.91 Å². The number of thiazole rings is 1. The Morgan fingerprint density at radius 3 is 2.29 bits per heavy atom. The average Bonchev–Trinajstić information content (AvgIpc) is 3.07. The Morgan fingerprint density at radius 1 is 1.00 bits per heavy atom. The number of anilines is 1. The van der Waals surface area contributed by atoms with E-state index in [0.717, 1.165) is 28.3 Å². The number of benzene rings is 2. The predicted molar refractivity (Wildman–Crippen MR) is 120 cm³/mol. The molecule has 0 fully saturated rings. The molecule has 0 N–H and O–H groups in total. The summed E-state index contributed by atoms with van der Waals surface area (Å²) in [6, 6.07) is 16.0. The van der Waals surface area contributed by atoms with Crippen LogP contribution < -0.4 is 4.90 Å². The lowest BCUT2D eigenvalue weighted by Gasteiger charge is -2.22. The van der Waals surface area contributed by atoms with Crippen molar-refractivity contribution in [3.05, 3.63) is 59.7 Å². The standard InChI is InChI=1S/C23H29N3OS/c1-23(2,3)18-13-11-17(12-14-18)21(27)26(16-8-15-25(4)5)22-24-19-9-6-7-10-20(19)28-22/h6-7,9-14H,8,15-16H2,1-5H3. The lowest BCUT2D eigenvalue weighted by atomic mass is 9.86. The quantitative estimate of drug-likeness (QED) is 0.576. The van der Waals surface area contributed by atoms with Gasteiger partial charge in [0.05, 0.1) is 10.2 Å². The second-order valence-corrected chi connectivity index (χ2v) is 9.41. The van der Waals surface area contributed by atoms with Gasteiger partial charge in [0.15, 0.2) is 5.13 Å². The van der Waals surface area contributed by atoms with E-state index in [1.165, 1.54) is 5.56 Å². The van der Waals surface area contributed by atoms with Gasteiger partial charge in [0.1, 0.15) is 0 Å². The van der Waals surface area contributed by atoms with Crippen LogP contribution in [-0.4, -0.2) is 43.0 Å². The third-order valence-corrected chi connectivity index (χ3v) is 5.80. The zero-order valence-corrected chi connectivity index (χ0v) is 18.2. The molecule has 0 aliphatic carbocycles. The number of rotatable bonds is 6. The lowest BCUT2D eigenvalue weighted by molar-refractivity contribution is 0.0986. The highest BCUT2D eigenvalue weighted by Crippen LogP contribution is 2.30. The van der Waals surface area contributed by atoms with E-state index in [4.69, 9.17) is 4.98 Å². The fraction of sp³-hybridized carbons (Fsp3) is 0.391. The number of hydrogen-bond donors (Lipinski definition) is 0. The number of carbonyl (C=O) groups excluding carboxylic acids is 1. The minimum Gasteiger partial charge on any atom is -0.309 e. The Kier molecular flexibility index (Phi) is 6.16. The first-order valence-electron chi connectivity index (χ1n) is 9.68. The van der Waals surface area contributed by atoms with Gasteiger partial charge >= 0.3 is 0 Å². The van der Waals surface area contributed by atoms with E-state index in [2.05, 4.69) is 58.0 Å². The molecule has 0 atom stereocenters. The number of carbonyl (C=O) groups is 1. The first-order chi connectivity index (χ1) is 13.3. The van der Waals surface area contributed by atoms with Gasteiger partial charge in [-0.3, -0.25) is 9.69 Å². The third kappa shape index (κ3) is 4.78. The van der Waals surface area contributed by atoms with Gasteiger partial charge in [0, 0.05) is 12.1 Å². The summed E-state index contributed by atoms with van der Waals surface area (Å²) in [5.41, 5.74) is 2.94.